The fourth-order valence-corrected chi connectivity index (χ4v) is 10.2. The molecular formula is C61H47N. The number of rotatable bonds is 8. The van der Waals surface area contributed by atoms with Gasteiger partial charge in [-0.05, 0) is 114 Å². The third-order valence-electron chi connectivity index (χ3n) is 13.3. The van der Waals surface area contributed by atoms with Gasteiger partial charge in [0.1, 0.15) is 0 Å². The molecule has 0 aromatic heterocycles. The summed E-state index contributed by atoms with van der Waals surface area (Å²) in [5.74, 6) is 0.308. The zero-order valence-electron chi connectivity index (χ0n) is 35.2. The minimum Gasteiger partial charge on any atom is -0.311 e. The van der Waals surface area contributed by atoms with Crippen LogP contribution in [-0.2, 0) is 5.41 Å². The molecule has 0 spiro atoms. The number of anilines is 2. The molecule has 296 valence electrons. The summed E-state index contributed by atoms with van der Waals surface area (Å²) in [6.07, 6.45) is 5.92. The largest absolute Gasteiger partial charge is 0.311 e. The van der Waals surface area contributed by atoms with Gasteiger partial charge in [0.05, 0.1) is 0 Å². The zero-order valence-corrected chi connectivity index (χ0v) is 35.2. The third kappa shape index (κ3) is 6.58. The second-order valence-corrected chi connectivity index (χ2v) is 17.2. The molecule has 1 atom stereocenters. The van der Waals surface area contributed by atoms with E-state index < -0.39 is 0 Å². The first-order chi connectivity index (χ1) is 30.5. The van der Waals surface area contributed by atoms with Crippen LogP contribution in [0.5, 0.6) is 0 Å². The second kappa shape index (κ2) is 15.5. The quantitative estimate of drug-likeness (QED) is 0.148. The Morgan fingerprint density at radius 1 is 0.419 bits per heavy atom. The Morgan fingerprint density at radius 2 is 0.919 bits per heavy atom. The molecule has 0 N–H and O–H groups in total. The summed E-state index contributed by atoms with van der Waals surface area (Å²) < 4.78 is 0. The molecule has 2 aliphatic carbocycles. The maximum Gasteiger partial charge on any atom is 0.0461 e. The topological polar surface area (TPSA) is 3.24 Å². The monoisotopic (exact) mass is 793 g/mol. The van der Waals surface area contributed by atoms with E-state index in [0.717, 1.165) is 17.8 Å². The van der Waals surface area contributed by atoms with E-state index in [-0.39, 0.29) is 5.41 Å². The SMILES string of the molecule is CC1(C)C2=CC(N(c3ccc(-c4ccccc4)cc3)c3ccc(-c4ccc5ccccc5c4-c4ccccc4)cc3)=CCC2c2c(-c3ccc(-c4ccccc4)cc3)cccc21. The molecule has 1 nitrogen and oxygen atoms in total. The van der Waals surface area contributed by atoms with Crippen molar-refractivity contribution in [3.63, 3.8) is 0 Å². The number of hydrogen-bond acceptors (Lipinski definition) is 1. The minimum absolute atomic E-state index is 0.129. The standard InChI is InChI=1S/C61H47N/c1-61(2)57-24-14-23-54(47-27-25-44(26-28-47)42-15-6-3-7-16-42)60(57)56-40-38-52(41-58(56)61)62(50-34-29-45(30-35-50)43-17-8-4-9-18-43)51-36-31-48(32-37-51)55-39-33-46-19-12-13-22-53(46)59(55)49-20-10-5-11-21-49/h3-39,41,56H,40H2,1-2H3. The van der Waals surface area contributed by atoms with Crippen molar-refractivity contribution in [1.82, 2.24) is 0 Å². The Labute approximate surface area is 365 Å². The summed E-state index contributed by atoms with van der Waals surface area (Å²) in [6.45, 7) is 4.84. The summed E-state index contributed by atoms with van der Waals surface area (Å²) in [6, 6.07) is 79.8. The Bertz CT molecular complexity index is 3120. The van der Waals surface area contributed by atoms with Crippen molar-refractivity contribution in [3.05, 3.63) is 253 Å². The first-order valence-electron chi connectivity index (χ1n) is 21.9. The van der Waals surface area contributed by atoms with E-state index in [1.807, 2.05) is 0 Å². The van der Waals surface area contributed by atoms with Crippen LogP contribution in [0, 0.1) is 0 Å². The van der Waals surface area contributed by atoms with Gasteiger partial charge in [-0.25, -0.2) is 0 Å². The maximum atomic E-state index is 2.51. The minimum atomic E-state index is -0.129. The summed E-state index contributed by atoms with van der Waals surface area (Å²) in [7, 11) is 0. The average molecular weight is 794 g/mol. The normalized spacial score (nSPS) is 15.0. The summed E-state index contributed by atoms with van der Waals surface area (Å²) in [5.41, 5.74) is 20.2. The van der Waals surface area contributed by atoms with E-state index in [1.54, 1.807) is 0 Å². The lowest BCUT2D eigenvalue weighted by atomic mass is 9.78. The lowest BCUT2D eigenvalue weighted by Crippen LogP contribution is -2.22. The third-order valence-corrected chi connectivity index (χ3v) is 13.3. The molecule has 62 heavy (non-hydrogen) atoms. The number of benzene rings is 9. The van der Waals surface area contributed by atoms with Crippen LogP contribution in [0.4, 0.5) is 11.4 Å². The van der Waals surface area contributed by atoms with Gasteiger partial charge in [0, 0.05) is 28.4 Å². The van der Waals surface area contributed by atoms with Gasteiger partial charge in [0.2, 0.25) is 0 Å². The number of fused-ring (bicyclic) bond motifs is 4. The van der Waals surface area contributed by atoms with Crippen molar-refractivity contribution in [1.29, 1.82) is 0 Å². The molecule has 0 heterocycles. The van der Waals surface area contributed by atoms with Crippen molar-refractivity contribution in [2.24, 2.45) is 0 Å². The molecule has 9 aromatic rings. The second-order valence-electron chi connectivity index (χ2n) is 17.2. The zero-order chi connectivity index (χ0) is 41.6. The lowest BCUT2D eigenvalue weighted by Gasteiger charge is -2.33. The number of nitrogens with zero attached hydrogens (tertiary/aromatic N) is 1. The van der Waals surface area contributed by atoms with E-state index in [1.165, 1.54) is 88.8 Å². The van der Waals surface area contributed by atoms with Crippen LogP contribution in [-0.4, -0.2) is 0 Å². The Balaban J connectivity index is 0.989. The van der Waals surface area contributed by atoms with Crippen molar-refractivity contribution in [3.8, 4) is 55.6 Å². The highest BCUT2D eigenvalue weighted by Gasteiger charge is 2.44. The average Bonchev–Trinajstić information content (AvgIpc) is 3.58. The van der Waals surface area contributed by atoms with Crippen molar-refractivity contribution in [2.45, 2.75) is 31.6 Å². The molecule has 0 fully saturated rings. The van der Waals surface area contributed by atoms with Gasteiger partial charge in [-0.2, -0.15) is 0 Å². The van der Waals surface area contributed by atoms with Gasteiger partial charge in [-0.15, -0.1) is 0 Å². The molecule has 9 aromatic carbocycles. The van der Waals surface area contributed by atoms with Crippen molar-refractivity contribution < 1.29 is 0 Å². The maximum absolute atomic E-state index is 2.51. The summed E-state index contributed by atoms with van der Waals surface area (Å²) >= 11 is 0. The molecule has 0 bridgehead atoms. The summed E-state index contributed by atoms with van der Waals surface area (Å²) in [4.78, 5) is 2.46. The van der Waals surface area contributed by atoms with Crippen LogP contribution in [0.2, 0.25) is 0 Å². The molecule has 1 heteroatoms. The fourth-order valence-electron chi connectivity index (χ4n) is 10.2. The first-order valence-corrected chi connectivity index (χ1v) is 21.9. The molecular weight excluding hydrogens is 747 g/mol. The first kappa shape index (κ1) is 37.5. The molecule has 0 aliphatic heterocycles. The molecule has 0 saturated heterocycles. The van der Waals surface area contributed by atoms with Gasteiger partial charge < -0.3 is 4.90 Å². The van der Waals surface area contributed by atoms with Gasteiger partial charge in [0.15, 0.2) is 0 Å². The smallest absolute Gasteiger partial charge is 0.0461 e. The van der Waals surface area contributed by atoms with Crippen LogP contribution in [0.25, 0.3) is 66.4 Å². The molecule has 1 unspecified atom stereocenters. The highest BCUT2D eigenvalue weighted by molar-refractivity contribution is 6.04. The van der Waals surface area contributed by atoms with Crippen LogP contribution in [0.1, 0.15) is 37.3 Å². The van der Waals surface area contributed by atoms with Gasteiger partial charge >= 0.3 is 0 Å². The Kier molecular flexibility index (Phi) is 9.39. The van der Waals surface area contributed by atoms with E-state index in [2.05, 4.69) is 249 Å². The van der Waals surface area contributed by atoms with E-state index in [9.17, 15) is 0 Å². The molecule has 0 amide bonds. The van der Waals surface area contributed by atoms with Crippen LogP contribution < -0.4 is 4.90 Å². The number of hydrogen-bond donors (Lipinski definition) is 0. The van der Waals surface area contributed by atoms with E-state index in [4.69, 9.17) is 0 Å². The van der Waals surface area contributed by atoms with Gasteiger partial charge in [-0.1, -0.05) is 220 Å². The highest BCUT2D eigenvalue weighted by atomic mass is 15.1. The lowest BCUT2D eigenvalue weighted by molar-refractivity contribution is 0.609. The fraction of sp³-hybridized carbons (Fsp3) is 0.0820. The highest BCUT2D eigenvalue weighted by Crippen LogP contribution is 2.57. The number of allylic oxidation sites excluding steroid dienone is 3. The predicted molar refractivity (Wildman–Crippen MR) is 263 cm³/mol. The summed E-state index contributed by atoms with van der Waals surface area (Å²) in [5, 5.41) is 2.51. The van der Waals surface area contributed by atoms with E-state index >= 15 is 0 Å². The van der Waals surface area contributed by atoms with Crippen LogP contribution >= 0.6 is 0 Å². The molecule has 11 rings (SSSR count). The Morgan fingerprint density at radius 3 is 1.55 bits per heavy atom. The van der Waals surface area contributed by atoms with Crippen molar-refractivity contribution in [2.75, 3.05) is 4.90 Å². The molecule has 0 radical (unpaired) electrons. The molecule has 2 aliphatic rings. The predicted octanol–water partition coefficient (Wildman–Crippen LogP) is 16.6. The van der Waals surface area contributed by atoms with Crippen molar-refractivity contribution >= 4 is 22.1 Å². The van der Waals surface area contributed by atoms with Gasteiger partial charge in [-0.3, -0.25) is 0 Å². The van der Waals surface area contributed by atoms with E-state index in [0.29, 0.717) is 5.92 Å². The Hall–Kier alpha value is -7.48. The molecule has 0 saturated carbocycles. The van der Waals surface area contributed by atoms with Crippen LogP contribution in [0.15, 0.2) is 242 Å². The van der Waals surface area contributed by atoms with Crippen LogP contribution in [0.3, 0.4) is 0 Å². The van der Waals surface area contributed by atoms with Gasteiger partial charge in [0.25, 0.3) is 0 Å².